The van der Waals surface area contributed by atoms with E-state index in [1.807, 2.05) is 20.0 Å². The maximum Gasteiger partial charge on any atom is 0.216 e. The first-order valence-corrected chi connectivity index (χ1v) is 7.52. The van der Waals surface area contributed by atoms with Crippen LogP contribution in [0.2, 0.25) is 0 Å². The smallest absolute Gasteiger partial charge is 0.216 e. The Kier molecular flexibility index (Phi) is 5.57. The number of aromatic nitrogens is 2. The molecule has 0 aliphatic carbocycles. The fraction of sp³-hybridized carbons (Fsp3) is 0.471. The van der Waals surface area contributed by atoms with Gasteiger partial charge in [0.15, 0.2) is 0 Å². The number of aryl methyl sites for hydroxylation is 2. The van der Waals surface area contributed by atoms with Gasteiger partial charge < -0.3 is 15.0 Å². The molecule has 0 fully saturated rings. The van der Waals surface area contributed by atoms with Crippen LogP contribution in [0.15, 0.2) is 30.3 Å². The van der Waals surface area contributed by atoms with Crippen LogP contribution in [0.1, 0.15) is 22.9 Å². The standard InChI is InChI=1S/C17H26N4O/c1-13-15(17(22-5)21(4)19-13)11-18-16(12-20(2)3)14-9-7-6-8-10-14/h6-10,16,18H,11-12H2,1-5H3/t16-/m1/s1. The van der Waals surface area contributed by atoms with Crippen molar-refractivity contribution in [2.24, 2.45) is 7.05 Å². The Bertz CT molecular complexity index is 592. The fourth-order valence-electron chi connectivity index (χ4n) is 2.70. The number of benzene rings is 1. The van der Waals surface area contributed by atoms with Crippen molar-refractivity contribution in [3.8, 4) is 5.88 Å². The molecule has 120 valence electrons. The van der Waals surface area contributed by atoms with Crippen molar-refractivity contribution in [1.82, 2.24) is 20.0 Å². The van der Waals surface area contributed by atoms with Crippen LogP contribution in [0.5, 0.6) is 5.88 Å². The minimum absolute atomic E-state index is 0.264. The number of hydrogen-bond donors (Lipinski definition) is 1. The average Bonchev–Trinajstić information content (AvgIpc) is 2.77. The molecule has 0 radical (unpaired) electrons. The Hall–Kier alpha value is -1.85. The summed E-state index contributed by atoms with van der Waals surface area (Å²) in [6.07, 6.45) is 0. The number of ether oxygens (including phenoxy) is 1. The Morgan fingerprint density at radius 3 is 2.55 bits per heavy atom. The van der Waals surface area contributed by atoms with Gasteiger partial charge in [0, 0.05) is 26.2 Å². The summed E-state index contributed by atoms with van der Waals surface area (Å²) in [4.78, 5) is 2.19. The number of nitrogens with one attached hydrogen (secondary N) is 1. The Labute approximate surface area is 132 Å². The molecule has 0 aliphatic rings. The highest BCUT2D eigenvalue weighted by molar-refractivity contribution is 5.31. The first kappa shape index (κ1) is 16.5. The van der Waals surface area contributed by atoms with Gasteiger partial charge in [-0.25, -0.2) is 4.68 Å². The zero-order chi connectivity index (χ0) is 16.1. The minimum Gasteiger partial charge on any atom is -0.481 e. The monoisotopic (exact) mass is 302 g/mol. The maximum atomic E-state index is 5.47. The largest absolute Gasteiger partial charge is 0.481 e. The fourth-order valence-corrected chi connectivity index (χ4v) is 2.70. The van der Waals surface area contributed by atoms with E-state index in [4.69, 9.17) is 4.74 Å². The Morgan fingerprint density at radius 1 is 1.27 bits per heavy atom. The quantitative estimate of drug-likeness (QED) is 0.851. The second kappa shape index (κ2) is 7.42. The Balaban J connectivity index is 2.15. The van der Waals surface area contributed by atoms with Gasteiger partial charge in [0.2, 0.25) is 5.88 Å². The van der Waals surface area contributed by atoms with Gasteiger partial charge in [0.05, 0.1) is 18.4 Å². The van der Waals surface area contributed by atoms with Gasteiger partial charge in [0.1, 0.15) is 0 Å². The number of hydrogen-bond acceptors (Lipinski definition) is 4. The van der Waals surface area contributed by atoms with Crippen molar-refractivity contribution in [3.63, 3.8) is 0 Å². The summed E-state index contributed by atoms with van der Waals surface area (Å²) in [5, 5.41) is 8.07. The van der Waals surface area contributed by atoms with Crippen LogP contribution in [0.25, 0.3) is 0 Å². The van der Waals surface area contributed by atoms with Gasteiger partial charge in [0.25, 0.3) is 0 Å². The highest BCUT2D eigenvalue weighted by Gasteiger charge is 2.17. The molecule has 22 heavy (non-hydrogen) atoms. The lowest BCUT2D eigenvalue weighted by Gasteiger charge is -2.23. The highest BCUT2D eigenvalue weighted by atomic mass is 16.5. The molecular weight excluding hydrogens is 276 g/mol. The molecule has 5 heteroatoms. The van der Waals surface area contributed by atoms with Crippen molar-refractivity contribution in [2.45, 2.75) is 19.5 Å². The van der Waals surface area contributed by atoms with Crippen molar-refractivity contribution in [2.75, 3.05) is 27.7 Å². The van der Waals surface area contributed by atoms with Crippen molar-refractivity contribution in [3.05, 3.63) is 47.2 Å². The molecule has 1 heterocycles. The molecule has 0 aliphatic heterocycles. The van der Waals surface area contributed by atoms with Gasteiger partial charge in [-0.1, -0.05) is 30.3 Å². The van der Waals surface area contributed by atoms with Crippen LogP contribution < -0.4 is 10.1 Å². The molecule has 1 aromatic heterocycles. The second-order valence-corrected chi connectivity index (χ2v) is 5.80. The Morgan fingerprint density at radius 2 is 1.95 bits per heavy atom. The molecule has 0 unspecified atom stereocenters. The van der Waals surface area contributed by atoms with Crippen molar-refractivity contribution >= 4 is 0 Å². The summed E-state index contributed by atoms with van der Waals surface area (Å²) >= 11 is 0. The minimum atomic E-state index is 0.264. The van der Waals surface area contributed by atoms with E-state index in [0.29, 0.717) is 0 Å². The third-order valence-corrected chi connectivity index (χ3v) is 3.76. The topological polar surface area (TPSA) is 42.3 Å². The average molecular weight is 302 g/mol. The zero-order valence-electron chi connectivity index (χ0n) is 14.1. The molecule has 0 bridgehead atoms. The summed E-state index contributed by atoms with van der Waals surface area (Å²) < 4.78 is 7.25. The number of rotatable bonds is 7. The lowest BCUT2D eigenvalue weighted by Crippen LogP contribution is -2.31. The predicted octanol–water partition coefficient (Wildman–Crippen LogP) is 2.13. The van der Waals surface area contributed by atoms with Gasteiger partial charge in [-0.2, -0.15) is 5.10 Å². The van der Waals surface area contributed by atoms with Gasteiger partial charge >= 0.3 is 0 Å². The molecule has 0 spiro atoms. The molecule has 1 N–H and O–H groups in total. The summed E-state index contributed by atoms with van der Waals surface area (Å²) in [6, 6.07) is 10.8. The third-order valence-electron chi connectivity index (χ3n) is 3.76. The van der Waals surface area contributed by atoms with E-state index in [0.717, 1.165) is 30.2 Å². The first-order chi connectivity index (χ1) is 10.5. The van der Waals surface area contributed by atoms with Crippen LogP contribution in [0.3, 0.4) is 0 Å². The van der Waals surface area contributed by atoms with E-state index in [-0.39, 0.29) is 6.04 Å². The first-order valence-electron chi connectivity index (χ1n) is 7.52. The number of likely N-dealkylation sites (N-methyl/N-ethyl adjacent to an activating group) is 1. The lowest BCUT2D eigenvalue weighted by molar-refractivity contribution is 0.335. The second-order valence-electron chi connectivity index (χ2n) is 5.80. The predicted molar refractivity (Wildman–Crippen MR) is 89.1 cm³/mol. The van der Waals surface area contributed by atoms with E-state index in [9.17, 15) is 0 Å². The summed E-state index contributed by atoms with van der Waals surface area (Å²) in [6.45, 7) is 3.69. The number of nitrogens with zero attached hydrogens (tertiary/aromatic N) is 3. The molecule has 0 amide bonds. The van der Waals surface area contributed by atoms with Crippen LogP contribution in [-0.4, -0.2) is 42.4 Å². The lowest BCUT2D eigenvalue weighted by atomic mass is 10.1. The highest BCUT2D eigenvalue weighted by Crippen LogP contribution is 2.22. The molecule has 1 atom stereocenters. The molecule has 0 saturated heterocycles. The van der Waals surface area contributed by atoms with Crippen molar-refractivity contribution in [1.29, 1.82) is 0 Å². The normalized spacial score (nSPS) is 12.6. The summed E-state index contributed by atoms with van der Waals surface area (Å²) in [5.41, 5.74) is 3.41. The van der Waals surface area contributed by atoms with Gasteiger partial charge in [-0.05, 0) is 26.6 Å². The van der Waals surface area contributed by atoms with E-state index in [2.05, 4.69) is 53.7 Å². The van der Waals surface area contributed by atoms with E-state index >= 15 is 0 Å². The van der Waals surface area contributed by atoms with Crippen LogP contribution in [-0.2, 0) is 13.6 Å². The molecule has 2 aromatic rings. The van der Waals surface area contributed by atoms with Crippen molar-refractivity contribution < 1.29 is 4.74 Å². The zero-order valence-corrected chi connectivity index (χ0v) is 14.1. The molecule has 2 rings (SSSR count). The SMILES string of the molecule is COc1c(CN[C@H](CN(C)C)c2ccccc2)c(C)nn1C. The molecule has 1 aromatic carbocycles. The summed E-state index contributed by atoms with van der Waals surface area (Å²) in [7, 11) is 7.78. The molecule has 5 nitrogen and oxygen atoms in total. The van der Waals surface area contributed by atoms with Crippen LogP contribution in [0.4, 0.5) is 0 Å². The summed E-state index contributed by atoms with van der Waals surface area (Å²) in [5.74, 6) is 0.821. The van der Waals surface area contributed by atoms with E-state index < -0.39 is 0 Å². The van der Waals surface area contributed by atoms with Crippen LogP contribution >= 0.6 is 0 Å². The van der Waals surface area contributed by atoms with E-state index in [1.165, 1.54) is 5.56 Å². The van der Waals surface area contributed by atoms with Gasteiger partial charge in [-0.3, -0.25) is 0 Å². The van der Waals surface area contributed by atoms with Gasteiger partial charge in [-0.15, -0.1) is 0 Å². The van der Waals surface area contributed by atoms with E-state index in [1.54, 1.807) is 11.8 Å². The molecule has 0 saturated carbocycles. The maximum absolute atomic E-state index is 5.47. The third kappa shape index (κ3) is 3.87. The van der Waals surface area contributed by atoms with Crippen LogP contribution in [0, 0.1) is 6.92 Å². The number of methoxy groups -OCH3 is 1. The molecular formula is C17H26N4O.